The van der Waals surface area contributed by atoms with Gasteiger partial charge in [0.05, 0.1) is 11.7 Å². The predicted molar refractivity (Wildman–Crippen MR) is 119 cm³/mol. The second-order valence-corrected chi connectivity index (χ2v) is 9.32. The minimum absolute atomic E-state index is 0.00770. The van der Waals surface area contributed by atoms with E-state index < -0.39 is 30.1 Å². The summed E-state index contributed by atoms with van der Waals surface area (Å²) in [4.78, 5) is 24.9. The molecule has 2 aliphatic rings. The van der Waals surface area contributed by atoms with Crippen LogP contribution in [-0.4, -0.2) is 50.7 Å². The summed E-state index contributed by atoms with van der Waals surface area (Å²) in [5.74, 6) is -0.723. The van der Waals surface area contributed by atoms with E-state index in [1.165, 1.54) is 17.3 Å². The molecule has 0 spiro atoms. The van der Waals surface area contributed by atoms with Crippen molar-refractivity contribution in [1.29, 1.82) is 0 Å². The average molecular weight is 511 g/mol. The van der Waals surface area contributed by atoms with Crippen LogP contribution in [0.2, 0.25) is 0 Å². The number of hydrogen-bond acceptors (Lipinski definition) is 4. The van der Waals surface area contributed by atoms with Gasteiger partial charge in [0.2, 0.25) is 5.91 Å². The minimum atomic E-state index is -4.55. The Morgan fingerprint density at radius 2 is 1.86 bits per heavy atom. The molecule has 192 valence electrons. The van der Waals surface area contributed by atoms with Gasteiger partial charge in [-0.1, -0.05) is 6.42 Å². The number of amides is 1. The number of piperidine rings is 2. The van der Waals surface area contributed by atoms with Crippen molar-refractivity contribution in [2.24, 2.45) is 0 Å². The van der Waals surface area contributed by atoms with Gasteiger partial charge in [-0.2, -0.15) is 26.3 Å². The fourth-order valence-electron chi connectivity index (χ4n) is 5.32. The predicted octanol–water partition coefficient (Wildman–Crippen LogP) is 5.38. The monoisotopic (exact) mass is 511 g/mol. The Bertz CT molecular complexity index is 1270. The quantitative estimate of drug-likeness (QED) is 0.463. The number of aromatic nitrogens is 3. The Hall–Kier alpha value is -3.15. The van der Waals surface area contributed by atoms with Crippen molar-refractivity contribution >= 4 is 16.9 Å². The Morgan fingerprint density at radius 1 is 1.06 bits per heavy atom. The highest BCUT2D eigenvalue weighted by molar-refractivity contribution is 5.87. The average Bonchev–Trinajstić information content (AvgIpc) is 3.27. The van der Waals surface area contributed by atoms with E-state index in [0.717, 1.165) is 12.3 Å². The number of fused-ring (bicyclic) bond motifs is 1. The maximum absolute atomic E-state index is 13.7. The van der Waals surface area contributed by atoms with E-state index in [2.05, 4.69) is 20.3 Å². The van der Waals surface area contributed by atoms with Crippen LogP contribution in [-0.2, 0) is 11.0 Å². The molecule has 2 N–H and O–H groups in total. The van der Waals surface area contributed by atoms with Crippen LogP contribution in [0.4, 0.5) is 26.3 Å². The fourth-order valence-corrected chi connectivity index (χ4v) is 5.32. The minimum Gasteiger partial charge on any atom is -0.341 e. The third-order valence-electron chi connectivity index (χ3n) is 6.97. The third-order valence-corrected chi connectivity index (χ3v) is 6.97. The van der Waals surface area contributed by atoms with Crippen molar-refractivity contribution < 1.29 is 31.1 Å². The third kappa shape index (κ3) is 4.78. The van der Waals surface area contributed by atoms with Gasteiger partial charge in [0.15, 0.2) is 0 Å². The number of nitrogens with zero attached hydrogens (tertiary/aromatic N) is 3. The van der Waals surface area contributed by atoms with Gasteiger partial charge >= 0.3 is 12.4 Å². The number of carbonyl (C=O) groups excluding carboxylic acids is 1. The molecular weight excluding hydrogens is 488 g/mol. The molecule has 2 saturated heterocycles. The Morgan fingerprint density at radius 3 is 2.61 bits per heavy atom. The van der Waals surface area contributed by atoms with Crippen LogP contribution < -0.4 is 5.32 Å². The van der Waals surface area contributed by atoms with Gasteiger partial charge in [0, 0.05) is 48.2 Å². The van der Waals surface area contributed by atoms with Crippen LogP contribution in [0.1, 0.15) is 49.1 Å². The molecule has 3 aromatic rings. The Balaban J connectivity index is 1.47. The first-order chi connectivity index (χ1) is 17.0. The molecule has 0 radical (unpaired) electrons. The van der Waals surface area contributed by atoms with Crippen LogP contribution in [0.5, 0.6) is 0 Å². The molecule has 0 bridgehead atoms. The lowest BCUT2D eigenvalue weighted by atomic mass is 9.85. The molecule has 0 aromatic carbocycles. The number of hydrogen-bond donors (Lipinski definition) is 2. The van der Waals surface area contributed by atoms with Crippen LogP contribution in [0.25, 0.3) is 22.3 Å². The topological polar surface area (TPSA) is 73.9 Å². The van der Waals surface area contributed by atoms with E-state index in [9.17, 15) is 31.1 Å². The number of alkyl halides is 6. The maximum atomic E-state index is 13.7. The summed E-state index contributed by atoms with van der Waals surface area (Å²) in [5.41, 5.74) is 0.818. The molecule has 12 heteroatoms. The highest BCUT2D eigenvalue weighted by atomic mass is 19.4. The first kappa shape index (κ1) is 24.5. The second kappa shape index (κ2) is 9.06. The molecular formula is C24H23F6N5O. The van der Waals surface area contributed by atoms with E-state index in [-0.39, 0.29) is 43.2 Å². The van der Waals surface area contributed by atoms with Crippen LogP contribution >= 0.6 is 0 Å². The summed E-state index contributed by atoms with van der Waals surface area (Å²) >= 11 is 0. The van der Waals surface area contributed by atoms with E-state index in [1.807, 2.05) is 0 Å². The van der Waals surface area contributed by atoms with Crippen LogP contribution in [0.3, 0.4) is 0 Å². The summed E-state index contributed by atoms with van der Waals surface area (Å²) in [6, 6.07) is 2.73. The van der Waals surface area contributed by atoms with E-state index >= 15 is 0 Å². The Kier molecular flexibility index (Phi) is 6.17. The molecule has 6 nitrogen and oxygen atoms in total. The molecule has 2 aliphatic heterocycles. The number of aromatic amines is 1. The number of nitrogens with one attached hydrogen (secondary N) is 2. The first-order valence-corrected chi connectivity index (χ1v) is 11.6. The molecule has 2 fully saturated rings. The lowest BCUT2D eigenvalue weighted by Gasteiger charge is -2.44. The molecule has 0 aliphatic carbocycles. The van der Waals surface area contributed by atoms with Gasteiger partial charge in [-0.25, -0.2) is 4.98 Å². The molecule has 1 amide bonds. The SMILES string of the molecule is O=C1CC(c2ccnc3[nH]c(-c4cncc(C(F)(F)F)c4)cc23)CC(N2CCCCC2C(F)(F)F)N1. The Labute approximate surface area is 202 Å². The molecule has 3 atom stereocenters. The van der Waals surface area contributed by atoms with Crippen molar-refractivity contribution in [3.05, 3.63) is 47.9 Å². The first-order valence-electron chi connectivity index (χ1n) is 11.6. The standard InChI is InChI=1S/C24H23F6N5O/c25-23(26,27)15-7-14(11-31-12-15)18-10-17-16(4-5-32-22(17)33-18)13-8-20(34-21(36)9-13)35-6-2-1-3-19(35)24(28,29)30/h4-5,7,10-13,19-20H,1-3,6,8-9H2,(H,32,33)(H,34,36). The lowest BCUT2D eigenvalue weighted by Crippen LogP contribution is -2.60. The number of halogens is 6. The van der Waals surface area contributed by atoms with Gasteiger partial charge in [-0.05, 0) is 48.9 Å². The zero-order chi connectivity index (χ0) is 25.7. The molecule has 5 rings (SSSR count). The van der Waals surface area contributed by atoms with Crippen molar-refractivity contribution in [2.45, 2.75) is 62.6 Å². The van der Waals surface area contributed by atoms with Gasteiger partial charge in [0.25, 0.3) is 0 Å². The summed E-state index contributed by atoms with van der Waals surface area (Å²) in [7, 11) is 0. The smallest absolute Gasteiger partial charge is 0.341 e. The number of rotatable bonds is 3. The van der Waals surface area contributed by atoms with Crippen LogP contribution in [0, 0.1) is 0 Å². The molecule has 36 heavy (non-hydrogen) atoms. The second-order valence-electron chi connectivity index (χ2n) is 9.32. The molecule has 3 unspecified atom stereocenters. The summed E-state index contributed by atoms with van der Waals surface area (Å²) < 4.78 is 80.5. The van der Waals surface area contributed by atoms with E-state index in [0.29, 0.717) is 35.1 Å². The van der Waals surface area contributed by atoms with Crippen LogP contribution in [0.15, 0.2) is 36.8 Å². The largest absolute Gasteiger partial charge is 0.417 e. The maximum Gasteiger partial charge on any atom is 0.417 e. The van der Waals surface area contributed by atoms with Crippen molar-refractivity contribution in [3.8, 4) is 11.3 Å². The molecule has 5 heterocycles. The number of likely N-dealkylation sites (tertiary alicyclic amines) is 1. The van der Waals surface area contributed by atoms with E-state index in [1.54, 1.807) is 12.1 Å². The zero-order valence-corrected chi connectivity index (χ0v) is 19.0. The highest BCUT2D eigenvalue weighted by Crippen LogP contribution is 2.39. The highest BCUT2D eigenvalue weighted by Gasteiger charge is 2.48. The van der Waals surface area contributed by atoms with Gasteiger partial charge in [-0.15, -0.1) is 0 Å². The summed E-state index contributed by atoms with van der Waals surface area (Å²) in [6.07, 6.45) is -4.69. The van der Waals surface area contributed by atoms with Gasteiger partial charge in [0.1, 0.15) is 11.7 Å². The van der Waals surface area contributed by atoms with Crippen molar-refractivity contribution in [3.63, 3.8) is 0 Å². The lowest BCUT2D eigenvalue weighted by molar-refractivity contribution is -0.201. The van der Waals surface area contributed by atoms with Crippen molar-refractivity contribution in [2.75, 3.05) is 6.54 Å². The summed E-state index contributed by atoms with van der Waals surface area (Å²) in [5, 5.41) is 3.34. The van der Waals surface area contributed by atoms with Crippen molar-refractivity contribution in [1.82, 2.24) is 25.2 Å². The number of pyridine rings is 2. The fraction of sp³-hybridized carbons (Fsp3) is 0.458. The number of carbonyl (C=O) groups is 1. The zero-order valence-electron chi connectivity index (χ0n) is 19.0. The van der Waals surface area contributed by atoms with E-state index in [4.69, 9.17) is 0 Å². The molecule has 3 aromatic heterocycles. The normalized spacial score (nSPS) is 24.2. The summed E-state index contributed by atoms with van der Waals surface area (Å²) in [6.45, 7) is 0.241. The molecule has 0 saturated carbocycles. The van der Waals surface area contributed by atoms with Gasteiger partial charge in [-0.3, -0.25) is 14.7 Å². The number of H-pyrrole nitrogens is 1. The van der Waals surface area contributed by atoms with Gasteiger partial charge < -0.3 is 10.3 Å².